The molecule has 3 fully saturated rings. The average molecular weight is 411 g/mol. The van der Waals surface area contributed by atoms with Crippen molar-refractivity contribution in [1.82, 2.24) is 9.80 Å². The van der Waals surface area contributed by atoms with Gasteiger partial charge in [-0.15, -0.1) is 12.4 Å². The molecule has 0 aromatic carbocycles. The molecule has 0 N–H and O–H groups in total. The number of allylic oxidation sites excluding steroid dienone is 1. The second-order valence-corrected chi connectivity index (χ2v) is 8.88. The zero-order chi connectivity index (χ0) is 19.3. The van der Waals surface area contributed by atoms with E-state index in [1.165, 1.54) is 31.1 Å². The number of hydrogen-bond acceptors (Lipinski definition) is 5. The number of halogens is 1. The monoisotopic (exact) mass is 410 g/mol. The minimum Gasteiger partial charge on any atom is -0.454 e. The van der Waals surface area contributed by atoms with E-state index in [2.05, 4.69) is 11.8 Å². The van der Waals surface area contributed by atoms with Crippen molar-refractivity contribution in [2.75, 3.05) is 26.2 Å². The van der Waals surface area contributed by atoms with E-state index in [0.29, 0.717) is 13.0 Å². The predicted molar refractivity (Wildman–Crippen MR) is 107 cm³/mol. The lowest BCUT2D eigenvalue weighted by Gasteiger charge is -2.52. The van der Waals surface area contributed by atoms with Crippen LogP contribution in [0.4, 0.5) is 0 Å². The fourth-order valence-electron chi connectivity index (χ4n) is 6.15. The van der Waals surface area contributed by atoms with Crippen LogP contribution in [0.5, 0.6) is 0 Å². The first-order valence-electron chi connectivity index (χ1n) is 10.3. The lowest BCUT2D eigenvalue weighted by Crippen LogP contribution is -2.57. The summed E-state index contributed by atoms with van der Waals surface area (Å²) in [5.41, 5.74) is 0.122. The van der Waals surface area contributed by atoms with Gasteiger partial charge in [0.25, 0.3) is 0 Å². The molecule has 1 saturated carbocycles. The molecule has 0 radical (unpaired) electrons. The summed E-state index contributed by atoms with van der Waals surface area (Å²) < 4.78 is 5.76. The van der Waals surface area contributed by atoms with E-state index in [0.717, 1.165) is 25.2 Å². The molecule has 0 aromatic rings. The van der Waals surface area contributed by atoms with Crippen molar-refractivity contribution < 1.29 is 19.1 Å². The highest BCUT2D eigenvalue weighted by atomic mass is 35.5. The van der Waals surface area contributed by atoms with E-state index in [9.17, 15) is 14.4 Å². The maximum Gasteiger partial charge on any atom is 0.303 e. The molecule has 5 rings (SSSR count). The quantitative estimate of drug-likeness (QED) is 0.404. The van der Waals surface area contributed by atoms with Crippen LogP contribution in [0.15, 0.2) is 11.6 Å². The molecule has 2 aliphatic heterocycles. The standard InChI is InChI=1S/C21H30N2O4.ClH/c1-13-11-21(27-15(3)24)12-14(2)16(13)17-18(21)20(26)23(19(17)25)10-9-22-7-5-4-6-8-22;/h11,14,16-18H,4-10,12H2,1-3H3;1H. The van der Waals surface area contributed by atoms with Crippen molar-refractivity contribution in [3.8, 4) is 0 Å². The molecule has 2 bridgehead atoms. The predicted octanol–water partition coefficient (Wildman–Crippen LogP) is 2.41. The molecule has 2 amide bonds. The normalized spacial score (nSPS) is 37.4. The average Bonchev–Trinajstić information content (AvgIpc) is 2.85. The molecule has 156 valence electrons. The summed E-state index contributed by atoms with van der Waals surface area (Å²) in [6.45, 7) is 8.76. The molecule has 5 unspecified atom stereocenters. The van der Waals surface area contributed by atoms with E-state index >= 15 is 0 Å². The Balaban J connectivity index is 0.00000225. The molecule has 5 atom stereocenters. The number of imide groups is 1. The summed E-state index contributed by atoms with van der Waals surface area (Å²) in [5.74, 6) is -1.26. The Morgan fingerprint density at radius 1 is 1.14 bits per heavy atom. The molecule has 3 aliphatic carbocycles. The van der Waals surface area contributed by atoms with Crippen LogP contribution >= 0.6 is 12.4 Å². The van der Waals surface area contributed by atoms with Gasteiger partial charge in [-0.2, -0.15) is 0 Å². The van der Waals surface area contributed by atoms with Crippen molar-refractivity contribution in [2.45, 2.75) is 52.1 Å². The molecular formula is C21H31ClN2O4. The van der Waals surface area contributed by atoms with Crippen LogP contribution in [0.25, 0.3) is 0 Å². The summed E-state index contributed by atoms with van der Waals surface area (Å²) in [6.07, 6.45) is 6.21. The van der Waals surface area contributed by atoms with E-state index < -0.39 is 17.5 Å². The summed E-state index contributed by atoms with van der Waals surface area (Å²) in [4.78, 5) is 42.2. The Kier molecular flexibility index (Phi) is 5.93. The number of carbonyl (C=O) groups is 3. The Hall–Kier alpha value is -1.40. The van der Waals surface area contributed by atoms with Gasteiger partial charge < -0.3 is 9.64 Å². The third kappa shape index (κ3) is 3.28. The van der Waals surface area contributed by atoms with Gasteiger partial charge in [0, 0.05) is 20.0 Å². The number of ether oxygens (including phenoxy) is 1. The molecule has 5 aliphatic rings. The lowest BCUT2D eigenvalue weighted by atomic mass is 9.54. The van der Waals surface area contributed by atoms with Gasteiger partial charge >= 0.3 is 5.97 Å². The number of rotatable bonds is 4. The Bertz CT molecular complexity index is 703. The maximum absolute atomic E-state index is 13.3. The number of hydrogen-bond donors (Lipinski definition) is 0. The molecule has 6 nitrogen and oxygen atoms in total. The number of likely N-dealkylation sites (tertiary alicyclic amines) is 2. The minimum absolute atomic E-state index is 0. The fourth-order valence-corrected chi connectivity index (χ4v) is 6.15. The van der Waals surface area contributed by atoms with Crippen molar-refractivity contribution in [2.24, 2.45) is 23.7 Å². The van der Waals surface area contributed by atoms with Gasteiger partial charge in [0.2, 0.25) is 11.8 Å². The third-order valence-electron chi connectivity index (χ3n) is 7.03. The first-order chi connectivity index (χ1) is 12.8. The highest BCUT2D eigenvalue weighted by Gasteiger charge is 2.67. The number of nitrogens with zero attached hydrogens (tertiary/aromatic N) is 2. The first-order valence-corrected chi connectivity index (χ1v) is 10.3. The summed E-state index contributed by atoms with van der Waals surface area (Å²) in [6, 6.07) is 0. The second kappa shape index (κ2) is 7.79. The smallest absolute Gasteiger partial charge is 0.303 e. The van der Waals surface area contributed by atoms with Gasteiger partial charge in [-0.05, 0) is 57.2 Å². The zero-order valence-electron chi connectivity index (χ0n) is 17.0. The SMILES string of the molecule is CC(=O)OC12C=C(C)C(C(C)C1)C1C(=O)N(CCN3CCCCC3)C(=O)C12.Cl. The van der Waals surface area contributed by atoms with Gasteiger partial charge in [-0.3, -0.25) is 19.3 Å². The minimum atomic E-state index is -0.957. The Morgan fingerprint density at radius 3 is 2.43 bits per heavy atom. The van der Waals surface area contributed by atoms with Crippen molar-refractivity contribution in [3.63, 3.8) is 0 Å². The lowest BCUT2D eigenvalue weighted by molar-refractivity contribution is -0.173. The van der Waals surface area contributed by atoms with Crippen LogP contribution in [0.3, 0.4) is 0 Å². The van der Waals surface area contributed by atoms with Gasteiger partial charge in [-0.25, -0.2) is 0 Å². The number of carbonyl (C=O) groups excluding carboxylic acids is 3. The van der Waals surface area contributed by atoms with Gasteiger partial charge in [-0.1, -0.05) is 18.9 Å². The van der Waals surface area contributed by atoms with E-state index in [-0.39, 0.29) is 42.0 Å². The second-order valence-electron chi connectivity index (χ2n) is 8.88. The van der Waals surface area contributed by atoms with Crippen molar-refractivity contribution >= 4 is 30.2 Å². The number of amides is 2. The Labute approximate surface area is 173 Å². The molecule has 2 heterocycles. The van der Waals surface area contributed by atoms with Gasteiger partial charge in [0.1, 0.15) is 5.60 Å². The largest absolute Gasteiger partial charge is 0.454 e. The summed E-state index contributed by atoms with van der Waals surface area (Å²) in [7, 11) is 0. The van der Waals surface area contributed by atoms with E-state index in [1.807, 2.05) is 13.0 Å². The van der Waals surface area contributed by atoms with E-state index in [1.54, 1.807) is 0 Å². The first kappa shape index (κ1) is 21.3. The topological polar surface area (TPSA) is 66.9 Å². The van der Waals surface area contributed by atoms with Crippen LogP contribution in [-0.4, -0.2) is 59.4 Å². The summed E-state index contributed by atoms with van der Waals surface area (Å²) >= 11 is 0. The van der Waals surface area contributed by atoms with E-state index in [4.69, 9.17) is 4.74 Å². The van der Waals surface area contributed by atoms with Gasteiger partial charge in [0.15, 0.2) is 0 Å². The Morgan fingerprint density at radius 2 is 1.82 bits per heavy atom. The zero-order valence-corrected chi connectivity index (χ0v) is 17.8. The highest BCUT2D eigenvalue weighted by Crippen LogP contribution is 2.58. The molecular weight excluding hydrogens is 380 g/mol. The summed E-state index contributed by atoms with van der Waals surface area (Å²) in [5, 5.41) is 0. The number of piperidine rings is 1. The van der Waals surface area contributed by atoms with Crippen LogP contribution in [-0.2, 0) is 19.1 Å². The highest BCUT2D eigenvalue weighted by molar-refractivity contribution is 6.07. The van der Waals surface area contributed by atoms with Gasteiger partial charge in [0.05, 0.1) is 11.8 Å². The van der Waals surface area contributed by atoms with Crippen LogP contribution < -0.4 is 0 Å². The fraction of sp³-hybridized carbons (Fsp3) is 0.762. The van der Waals surface area contributed by atoms with Crippen LogP contribution in [0.2, 0.25) is 0 Å². The molecule has 7 heteroatoms. The van der Waals surface area contributed by atoms with Crippen LogP contribution in [0.1, 0.15) is 46.5 Å². The molecule has 2 saturated heterocycles. The van der Waals surface area contributed by atoms with Crippen LogP contribution in [0, 0.1) is 23.7 Å². The molecule has 0 aromatic heterocycles. The maximum atomic E-state index is 13.3. The van der Waals surface area contributed by atoms with Crippen molar-refractivity contribution in [1.29, 1.82) is 0 Å². The number of esters is 1. The third-order valence-corrected chi connectivity index (χ3v) is 7.03. The number of fused-ring (bicyclic) bond motifs is 1. The molecule has 0 spiro atoms. The van der Waals surface area contributed by atoms with Crippen molar-refractivity contribution in [3.05, 3.63) is 11.6 Å². The molecule has 28 heavy (non-hydrogen) atoms.